The highest BCUT2D eigenvalue weighted by molar-refractivity contribution is 6.43. The quantitative estimate of drug-likeness (QED) is 0.445. The van der Waals surface area contributed by atoms with E-state index < -0.39 is 11.9 Å². The first-order chi connectivity index (χ1) is 15.9. The van der Waals surface area contributed by atoms with Crippen LogP contribution in [-0.2, 0) is 17.9 Å². The maximum absolute atomic E-state index is 12.5. The van der Waals surface area contributed by atoms with Crippen LogP contribution in [0.4, 0.5) is 0 Å². The van der Waals surface area contributed by atoms with Gasteiger partial charge in [-0.25, -0.2) is 0 Å². The molecule has 0 aliphatic heterocycles. The molecule has 0 heterocycles. The van der Waals surface area contributed by atoms with Crippen LogP contribution < -0.4 is 20.1 Å². The Labute approximate surface area is 202 Å². The van der Waals surface area contributed by atoms with E-state index in [4.69, 9.17) is 32.7 Å². The van der Waals surface area contributed by atoms with Crippen LogP contribution in [0.25, 0.3) is 0 Å². The second-order valence-corrected chi connectivity index (χ2v) is 8.06. The fraction of sp³-hybridized carbons (Fsp3) is 0.200. The summed E-state index contributed by atoms with van der Waals surface area (Å²) in [6.45, 7) is 2.26. The highest BCUT2D eigenvalue weighted by Gasteiger charge is 2.19. The number of hydrogen-bond donors (Lipinski definition) is 2. The lowest BCUT2D eigenvalue weighted by Crippen LogP contribution is -2.44. The van der Waals surface area contributed by atoms with Crippen molar-refractivity contribution in [2.24, 2.45) is 0 Å². The molecule has 0 aromatic heterocycles. The van der Waals surface area contributed by atoms with Gasteiger partial charge in [-0.2, -0.15) is 0 Å². The first-order valence-corrected chi connectivity index (χ1v) is 11.0. The molecule has 0 aliphatic rings. The Morgan fingerprint density at radius 1 is 0.939 bits per heavy atom. The number of nitrogens with one attached hydrogen (secondary N) is 2. The molecule has 6 nitrogen and oxygen atoms in total. The molecule has 0 aliphatic carbocycles. The number of rotatable bonds is 9. The number of carbonyl (C=O) groups excluding carboxylic acids is 2. The maximum atomic E-state index is 12.5. The Morgan fingerprint density at radius 2 is 1.70 bits per heavy atom. The van der Waals surface area contributed by atoms with Gasteiger partial charge < -0.3 is 20.1 Å². The van der Waals surface area contributed by atoms with Crippen LogP contribution in [0.5, 0.6) is 11.5 Å². The molecule has 0 radical (unpaired) electrons. The second-order valence-electron chi connectivity index (χ2n) is 7.27. The number of ether oxygens (including phenoxy) is 2. The van der Waals surface area contributed by atoms with E-state index in [2.05, 4.69) is 10.6 Å². The third-order valence-electron chi connectivity index (χ3n) is 4.87. The largest absolute Gasteiger partial charge is 0.493 e. The van der Waals surface area contributed by atoms with Gasteiger partial charge >= 0.3 is 0 Å². The van der Waals surface area contributed by atoms with E-state index in [0.29, 0.717) is 18.1 Å². The first-order valence-electron chi connectivity index (χ1n) is 10.2. The van der Waals surface area contributed by atoms with Gasteiger partial charge in [-0.05, 0) is 42.3 Å². The molecule has 0 spiro atoms. The number of benzene rings is 3. The predicted molar refractivity (Wildman–Crippen MR) is 129 cm³/mol. The first kappa shape index (κ1) is 24.4. The SMILES string of the molecule is COc1cc(CNC(=O)C(C)NC(=O)c2cccc(Cl)c2Cl)ccc1OCc1ccccc1. The van der Waals surface area contributed by atoms with Gasteiger partial charge in [0.15, 0.2) is 11.5 Å². The van der Waals surface area contributed by atoms with Crippen LogP contribution in [0.3, 0.4) is 0 Å². The van der Waals surface area contributed by atoms with Crippen molar-refractivity contribution >= 4 is 35.0 Å². The van der Waals surface area contributed by atoms with E-state index in [1.54, 1.807) is 44.4 Å². The summed E-state index contributed by atoms with van der Waals surface area (Å²) in [5.74, 6) is 0.349. The topological polar surface area (TPSA) is 76.7 Å². The van der Waals surface area contributed by atoms with E-state index >= 15 is 0 Å². The number of halogens is 2. The van der Waals surface area contributed by atoms with Crippen molar-refractivity contribution in [2.75, 3.05) is 7.11 Å². The highest BCUT2D eigenvalue weighted by atomic mass is 35.5. The third-order valence-corrected chi connectivity index (χ3v) is 5.69. The minimum absolute atomic E-state index is 0.144. The number of amides is 2. The molecule has 3 aromatic carbocycles. The van der Waals surface area contributed by atoms with Crippen molar-refractivity contribution < 1.29 is 19.1 Å². The van der Waals surface area contributed by atoms with Gasteiger partial charge in [0.1, 0.15) is 12.6 Å². The van der Waals surface area contributed by atoms with Gasteiger partial charge in [0, 0.05) is 6.54 Å². The molecule has 2 amide bonds. The lowest BCUT2D eigenvalue weighted by atomic mass is 10.1. The number of hydrogen-bond acceptors (Lipinski definition) is 4. The molecular formula is C25H24Cl2N2O4. The summed E-state index contributed by atoms with van der Waals surface area (Å²) in [4.78, 5) is 24.9. The zero-order valence-electron chi connectivity index (χ0n) is 18.2. The van der Waals surface area contributed by atoms with Crippen LogP contribution in [-0.4, -0.2) is 25.0 Å². The highest BCUT2D eigenvalue weighted by Crippen LogP contribution is 2.29. The van der Waals surface area contributed by atoms with Crippen molar-refractivity contribution in [3.05, 3.63) is 93.5 Å². The minimum Gasteiger partial charge on any atom is -0.493 e. The van der Waals surface area contributed by atoms with Crippen molar-refractivity contribution in [2.45, 2.75) is 26.1 Å². The van der Waals surface area contributed by atoms with Crippen molar-refractivity contribution in [1.29, 1.82) is 0 Å². The van der Waals surface area contributed by atoms with Crippen LogP contribution in [0.1, 0.15) is 28.4 Å². The fourth-order valence-electron chi connectivity index (χ4n) is 3.04. The zero-order valence-corrected chi connectivity index (χ0v) is 19.7. The molecule has 0 saturated carbocycles. The molecule has 0 fully saturated rings. The maximum Gasteiger partial charge on any atom is 0.253 e. The normalized spacial score (nSPS) is 11.4. The van der Waals surface area contributed by atoms with Crippen LogP contribution in [0, 0.1) is 0 Å². The van der Waals surface area contributed by atoms with Gasteiger partial charge in [-0.1, -0.05) is 65.7 Å². The third kappa shape index (κ3) is 6.63. The Bertz CT molecular complexity index is 1120. The monoisotopic (exact) mass is 486 g/mol. The summed E-state index contributed by atoms with van der Waals surface area (Å²) < 4.78 is 11.3. The van der Waals surface area contributed by atoms with Crippen molar-refractivity contribution in [1.82, 2.24) is 10.6 Å². The van der Waals surface area contributed by atoms with Gasteiger partial charge in [0.2, 0.25) is 5.91 Å². The Hall–Kier alpha value is -3.22. The Morgan fingerprint density at radius 3 is 2.42 bits per heavy atom. The van der Waals surface area contributed by atoms with Crippen molar-refractivity contribution in [3.8, 4) is 11.5 Å². The van der Waals surface area contributed by atoms with Crippen molar-refractivity contribution in [3.63, 3.8) is 0 Å². The molecule has 3 rings (SSSR count). The molecule has 172 valence electrons. The van der Waals surface area contributed by atoms with E-state index in [-0.39, 0.29) is 28.1 Å². The van der Waals surface area contributed by atoms with Gasteiger partial charge in [0.25, 0.3) is 5.91 Å². The Balaban J connectivity index is 1.55. The van der Waals surface area contributed by atoms with E-state index in [9.17, 15) is 9.59 Å². The minimum atomic E-state index is -0.775. The van der Waals surface area contributed by atoms with Crippen LogP contribution in [0.15, 0.2) is 66.7 Å². The summed E-state index contributed by atoms with van der Waals surface area (Å²) in [6.07, 6.45) is 0. The molecule has 3 aromatic rings. The van der Waals surface area contributed by atoms with E-state index in [0.717, 1.165) is 11.1 Å². The van der Waals surface area contributed by atoms with E-state index in [1.807, 2.05) is 36.4 Å². The lowest BCUT2D eigenvalue weighted by Gasteiger charge is -2.16. The smallest absolute Gasteiger partial charge is 0.253 e. The van der Waals surface area contributed by atoms with Gasteiger partial charge in [0.05, 0.1) is 22.7 Å². The number of methoxy groups -OCH3 is 1. The van der Waals surface area contributed by atoms with Crippen LogP contribution >= 0.6 is 23.2 Å². The predicted octanol–water partition coefficient (Wildman–Crippen LogP) is 5.02. The molecule has 33 heavy (non-hydrogen) atoms. The summed E-state index contributed by atoms with van der Waals surface area (Å²) in [6, 6.07) is 19.2. The standard InChI is InChI=1S/C25H24Cl2N2O4/c1-16(29-25(31)19-9-6-10-20(26)23(19)27)24(30)28-14-18-11-12-21(22(13-18)32-2)33-15-17-7-4-3-5-8-17/h3-13,16H,14-15H2,1-2H3,(H,28,30)(H,29,31). The Kier molecular flexibility index (Phi) is 8.58. The zero-order chi connectivity index (χ0) is 23.8. The van der Waals surface area contributed by atoms with Gasteiger partial charge in [-0.3, -0.25) is 9.59 Å². The summed E-state index contributed by atoms with van der Waals surface area (Å²) in [7, 11) is 1.56. The molecule has 2 N–H and O–H groups in total. The molecule has 0 saturated heterocycles. The lowest BCUT2D eigenvalue weighted by molar-refractivity contribution is -0.122. The fourth-order valence-corrected chi connectivity index (χ4v) is 3.42. The molecule has 1 unspecified atom stereocenters. The average molecular weight is 487 g/mol. The second kappa shape index (κ2) is 11.6. The summed E-state index contributed by atoms with van der Waals surface area (Å²) in [5, 5.41) is 5.84. The van der Waals surface area contributed by atoms with Gasteiger partial charge in [-0.15, -0.1) is 0 Å². The molecule has 0 bridgehead atoms. The average Bonchev–Trinajstić information content (AvgIpc) is 2.83. The van der Waals surface area contributed by atoms with E-state index in [1.165, 1.54) is 0 Å². The molecule has 8 heteroatoms. The molecular weight excluding hydrogens is 463 g/mol. The summed E-state index contributed by atoms with van der Waals surface area (Å²) in [5.41, 5.74) is 2.08. The summed E-state index contributed by atoms with van der Waals surface area (Å²) >= 11 is 12.0. The van der Waals surface area contributed by atoms with Crippen LogP contribution in [0.2, 0.25) is 10.0 Å². The molecule has 1 atom stereocenters. The number of carbonyl (C=O) groups is 2.